The topological polar surface area (TPSA) is 31.2 Å². The molecule has 1 fully saturated rings. The maximum absolute atomic E-state index is 11.7. The van der Waals surface area contributed by atoms with Gasteiger partial charge >= 0.3 is 0 Å². The van der Waals surface area contributed by atoms with Crippen molar-refractivity contribution in [2.24, 2.45) is 0 Å². The Labute approximate surface area is 83.3 Å². The van der Waals surface area contributed by atoms with Crippen molar-refractivity contribution in [3.05, 3.63) is 34.2 Å². The van der Waals surface area contributed by atoms with Crippen LogP contribution in [0.1, 0.15) is 18.4 Å². The normalized spacial score (nSPS) is 21.4. The van der Waals surface area contributed by atoms with E-state index in [0.717, 1.165) is 25.0 Å². The Hall–Kier alpha value is -1.09. The zero-order valence-electron chi connectivity index (χ0n) is 8.40. The molecule has 0 bridgehead atoms. The molecule has 1 saturated heterocycles. The smallest absolute Gasteiger partial charge is 0.253 e. The Bertz CT molecular complexity index is 364. The summed E-state index contributed by atoms with van der Waals surface area (Å²) in [4.78, 5) is 11.7. The Morgan fingerprint density at radius 3 is 3.21 bits per heavy atom. The molecule has 0 radical (unpaired) electrons. The number of aromatic nitrogens is 1. The number of aryl methyl sites for hydroxylation is 1. The first-order valence-corrected chi connectivity index (χ1v) is 5.05. The molecule has 76 valence electrons. The van der Waals surface area contributed by atoms with Gasteiger partial charge in [-0.1, -0.05) is 6.07 Å². The van der Waals surface area contributed by atoms with Crippen LogP contribution in [0.5, 0.6) is 0 Å². The number of pyridine rings is 1. The molecule has 1 aliphatic heterocycles. The molecule has 1 aromatic heterocycles. The standard InChI is InChI=1S/C11H15NO2/c1-9-4-2-6-12(11(9)13)8-10-5-3-7-14-10/h2,4,6,10H,3,5,7-8H2,1H3. The van der Waals surface area contributed by atoms with Crippen LogP contribution in [0.4, 0.5) is 0 Å². The Balaban J connectivity index is 2.16. The molecule has 1 unspecified atom stereocenters. The number of nitrogens with zero attached hydrogens (tertiary/aromatic N) is 1. The first-order valence-electron chi connectivity index (χ1n) is 5.05. The minimum absolute atomic E-state index is 0.100. The SMILES string of the molecule is Cc1cccn(CC2CCCO2)c1=O. The zero-order valence-corrected chi connectivity index (χ0v) is 8.40. The highest BCUT2D eigenvalue weighted by Crippen LogP contribution is 2.13. The minimum atomic E-state index is 0.100. The van der Waals surface area contributed by atoms with Crippen LogP contribution >= 0.6 is 0 Å². The molecule has 0 aromatic carbocycles. The third-order valence-electron chi connectivity index (χ3n) is 2.63. The van der Waals surface area contributed by atoms with Crippen molar-refractivity contribution in [2.45, 2.75) is 32.4 Å². The molecule has 1 aromatic rings. The first kappa shape index (κ1) is 9.46. The molecule has 14 heavy (non-hydrogen) atoms. The van der Waals surface area contributed by atoms with Crippen molar-refractivity contribution in [1.29, 1.82) is 0 Å². The third kappa shape index (κ3) is 1.87. The van der Waals surface area contributed by atoms with E-state index < -0.39 is 0 Å². The summed E-state index contributed by atoms with van der Waals surface area (Å²) in [5.41, 5.74) is 0.897. The lowest BCUT2D eigenvalue weighted by molar-refractivity contribution is 0.0961. The summed E-state index contributed by atoms with van der Waals surface area (Å²) in [5, 5.41) is 0. The van der Waals surface area contributed by atoms with E-state index in [2.05, 4.69) is 0 Å². The Morgan fingerprint density at radius 2 is 2.50 bits per heavy atom. The predicted octanol–water partition coefficient (Wildman–Crippen LogP) is 1.34. The van der Waals surface area contributed by atoms with Gasteiger partial charge in [0.2, 0.25) is 0 Å². The van der Waals surface area contributed by atoms with Gasteiger partial charge in [-0.05, 0) is 25.8 Å². The number of hydrogen-bond donors (Lipinski definition) is 0. The van der Waals surface area contributed by atoms with E-state index in [9.17, 15) is 4.79 Å². The van der Waals surface area contributed by atoms with E-state index in [1.807, 2.05) is 25.3 Å². The van der Waals surface area contributed by atoms with Crippen molar-refractivity contribution in [3.8, 4) is 0 Å². The molecule has 0 amide bonds. The molecule has 1 aliphatic rings. The van der Waals surface area contributed by atoms with Crippen LogP contribution in [0.2, 0.25) is 0 Å². The molecular weight excluding hydrogens is 178 g/mol. The average molecular weight is 193 g/mol. The van der Waals surface area contributed by atoms with Crippen LogP contribution in [0.25, 0.3) is 0 Å². The fraction of sp³-hybridized carbons (Fsp3) is 0.545. The van der Waals surface area contributed by atoms with E-state index in [1.54, 1.807) is 4.57 Å². The highest BCUT2D eigenvalue weighted by Gasteiger charge is 2.16. The Kier molecular flexibility index (Phi) is 2.68. The van der Waals surface area contributed by atoms with Crippen LogP contribution in [0.3, 0.4) is 0 Å². The van der Waals surface area contributed by atoms with Crippen molar-refractivity contribution >= 4 is 0 Å². The largest absolute Gasteiger partial charge is 0.376 e. The molecule has 0 saturated carbocycles. The second-order valence-corrected chi connectivity index (χ2v) is 3.78. The number of hydrogen-bond acceptors (Lipinski definition) is 2. The summed E-state index contributed by atoms with van der Waals surface area (Å²) in [5.74, 6) is 0. The van der Waals surface area contributed by atoms with E-state index in [-0.39, 0.29) is 11.7 Å². The summed E-state index contributed by atoms with van der Waals surface area (Å²) in [6.45, 7) is 3.38. The summed E-state index contributed by atoms with van der Waals surface area (Å²) in [6, 6.07) is 3.75. The van der Waals surface area contributed by atoms with Crippen molar-refractivity contribution in [2.75, 3.05) is 6.61 Å². The van der Waals surface area contributed by atoms with Crippen molar-refractivity contribution in [1.82, 2.24) is 4.57 Å². The van der Waals surface area contributed by atoms with Gasteiger partial charge in [0, 0.05) is 18.4 Å². The lowest BCUT2D eigenvalue weighted by Crippen LogP contribution is -2.26. The van der Waals surface area contributed by atoms with Gasteiger partial charge < -0.3 is 9.30 Å². The lowest BCUT2D eigenvalue weighted by atomic mass is 10.2. The van der Waals surface area contributed by atoms with Gasteiger partial charge in [0.05, 0.1) is 12.6 Å². The highest BCUT2D eigenvalue weighted by molar-refractivity contribution is 5.07. The second-order valence-electron chi connectivity index (χ2n) is 3.78. The molecule has 0 N–H and O–H groups in total. The quantitative estimate of drug-likeness (QED) is 0.709. The van der Waals surface area contributed by atoms with Crippen LogP contribution in [0.15, 0.2) is 23.1 Å². The molecule has 0 spiro atoms. The Morgan fingerprint density at radius 1 is 1.64 bits per heavy atom. The number of ether oxygens (including phenoxy) is 1. The fourth-order valence-corrected chi connectivity index (χ4v) is 1.81. The minimum Gasteiger partial charge on any atom is -0.376 e. The maximum atomic E-state index is 11.7. The van der Waals surface area contributed by atoms with Crippen LogP contribution < -0.4 is 5.56 Å². The summed E-state index contributed by atoms with van der Waals surface area (Å²) < 4.78 is 7.23. The van der Waals surface area contributed by atoms with Crippen LogP contribution in [-0.4, -0.2) is 17.3 Å². The lowest BCUT2D eigenvalue weighted by Gasteiger charge is -2.11. The fourth-order valence-electron chi connectivity index (χ4n) is 1.81. The number of rotatable bonds is 2. The van der Waals surface area contributed by atoms with Gasteiger partial charge in [-0.2, -0.15) is 0 Å². The van der Waals surface area contributed by atoms with Gasteiger partial charge in [0.1, 0.15) is 0 Å². The van der Waals surface area contributed by atoms with E-state index >= 15 is 0 Å². The van der Waals surface area contributed by atoms with Crippen molar-refractivity contribution in [3.63, 3.8) is 0 Å². The van der Waals surface area contributed by atoms with Gasteiger partial charge in [0.25, 0.3) is 5.56 Å². The van der Waals surface area contributed by atoms with E-state index in [0.29, 0.717) is 6.54 Å². The second kappa shape index (κ2) is 3.96. The molecule has 2 heterocycles. The van der Waals surface area contributed by atoms with Gasteiger partial charge in [-0.15, -0.1) is 0 Å². The molecule has 0 aliphatic carbocycles. The summed E-state index contributed by atoms with van der Waals surface area (Å²) in [7, 11) is 0. The molecular formula is C11H15NO2. The molecule has 1 atom stereocenters. The van der Waals surface area contributed by atoms with Crippen LogP contribution in [-0.2, 0) is 11.3 Å². The van der Waals surface area contributed by atoms with Crippen LogP contribution in [0, 0.1) is 6.92 Å². The average Bonchev–Trinajstić information content (AvgIpc) is 2.66. The zero-order chi connectivity index (χ0) is 9.97. The highest BCUT2D eigenvalue weighted by atomic mass is 16.5. The van der Waals surface area contributed by atoms with Gasteiger partial charge in [-0.3, -0.25) is 4.79 Å². The molecule has 3 heteroatoms. The van der Waals surface area contributed by atoms with Gasteiger partial charge in [0.15, 0.2) is 0 Å². The third-order valence-corrected chi connectivity index (χ3v) is 2.63. The van der Waals surface area contributed by atoms with Crippen molar-refractivity contribution < 1.29 is 4.74 Å². The monoisotopic (exact) mass is 193 g/mol. The van der Waals surface area contributed by atoms with Gasteiger partial charge in [-0.25, -0.2) is 0 Å². The predicted molar refractivity (Wildman–Crippen MR) is 54.4 cm³/mol. The summed E-state index contributed by atoms with van der Waals surface area (Å²) in [6.07, 6.45) is 4.25. The maximum Gasteiger partial charge on any atom is 0.253 e. The molecule has 2 rings (SSSR count). The summed E-state index contributed by atoms with van der Waals surface area (Å²) >= 11 is 0. The first-order chi connectivity index (χ1) is 6.77. The van der Waals surface area contributed by atoms with E-state index in [1.165, 1.54) is 0 Å². The van der Waals surface area contributed by atoms with E-state index in [4.69, 9.17) is 4.74 Å². The molecule has 3 nitrogen and oxygen atoms in total.